The molecule has 1 fully saturated rings. The van der Waals surface area contributed by atoms with Crippen molar-refractivity contribution in [2.75, 3.05) is 37.6 Å². The van der Waals surface area contributed by atoms with Gasteiger partial charge in [0.2, 0.25) is 0 Å². The minimum Gasteiger partial charge on any atom is -0.507 e. The van der Waals surface area contributed by atoms with Crippen LogP contribution >= 0.6 is 0 Å². The molecule has 3 rings (SSSR count). The smallest absolute Gasteiger partial charge is 0.254 e. The molecule has 1 aliphatic rings. The topological polar surface area (TPSA) is 68.2 Å². The van der Waals surface area contributed by atoms with Crippen LogP contribution in [0.2, 0.25) is 0 Å². The minimum atomic E-state index is -0.153. The lowest BCUT2D eigenvalue weighted by atomic mass is 10.2. The molecule has 0 aliphatic carbocycles. The number of para-hydroxylation sites is 2. The molecule has 1 aliphatic heterocycles. The standard InChI is InChI=1S/C19H22N4O2/c24-18-9-5-4-6-16(18)14-20-21-19(25)15-22-10-12-23(13-11-22)17-7-2-1-3-8-17/h1-9,14,24H,10-13,15H2,(H,21,25)/b20-14+. The van der Waals surface area contributed by atoms with E-state index in [2.05, 4.69) is 32.5 Å². The number of phenols is 1. The van der Waals surface area contributed by atoms with Crippen LogP contribution in [-0.2, 0) is 4.79 Å². The maximum Gasteiger partial charge on any atom is 0.254 e. The van der Waals surface area contributed by atoms with Crippen LogP contribution in [0.3, 0.4) is 0 Å². The Labute approximate surface area is 147 Å². The van der Waals surface area contributed by atoms with Crippen molar-refractivity contribution in [1.29, 1.82) is 0 Å². The first kappa shape index (κ1) is 17.0. The molecule has 0 unspecified atom stereocenters. The minimum absolute atomic E-state index is 0.137. The van der Waals surface area contributed by atoms with E-state index in [0.29, 0.717) is 12.1 Å². The number of anilines is 1. The maximum absolute atomic E-state index is 12.0. The van der Waals surface area contributed by atoms with Gasteiger partial charge in [0.25, 0.3) is 5.91 Å². The number of hydrogen-bond acceptors (Lipinski definition) is 5. The van der Waals surface area contributed by atoms with E-state index in [9.17, 15) is 9.90 Å². The summed E-state index contributed by atoms with van der Waals surface area (Å²) in [6.07, 6.45) is 1.45. The average molecular weight is 338 g/mol. The van der Waals surface area contributed by atoms with Crippen LogP contribution in [-0.4, -0.2) is 54.9 Å². The molecule has 6 heteroatoms. The van der Waals surface area contributed by atoms with Gasteiger partial charge in [0, 0.05) is 37.4 Å². The third kappa shape index (κ3) is 4.81. The number of benzene rings is 2. The van der Waals surface area contributed by atoms with E-state index < -0.39 is 0 Å². The van der Waals surface area contributed by atoms with Gasteiger partial charge in [0.05, 0.1) is 12.8 Å². The summed E-state index contributed by atoms with van der Waals surface area (Å²) >= 11 is 0. The summed E-state index contributed by atoms with van der Waals surface area (Å²) in [7, 11) is 0. The van der Waals surface area contributed by atoms with Gasteiger partial charge in [-0.1, -0.05) is 30.3 Å². The molecular weight excluding hydrogens is 316 g/mol. The van der Waals surface area contributed by atoms with Gasteiger partial charge in [-0.2, -0.15) is 5.10 Å². The van der Waals surface area contributed by atoms with Crippen LogP contribution in [0.1, 0.15) is 5.56 Å². The van der Waals surface area contributed by atoms with Gasteiger partial charge < -0.3 is 10.0 Å². The molecule has 6 nitrogen and oxygen atoms in total. The number of hydrogen-bond donors (Lipinski definition) is 2. The van der Waals surface area contributed by atoms with Gasteiger partial charge in [-0.3, -0.25) is 9.69 Å². The summed E-state index contributed by atoms with van der Waals surface area (Å²) in [6, 6.07) is 17.2. The van der Waals surface area contributed by atoms with Crippen molar-refractivity contribution < 1.29 is 9.90 Å². The monoisotopic (exact) mass is 338 g/mol. The maximum atomic E-state index is 12.0. The summed E-state index contributed by atoms with van der Waals surface area (Å²) in [5.41, 5.74) is 4.30. The van der Waals surface area contributed by atoms with E-state index in [1.807, 2.05) is 18.2 Å². The zero-order valence-electron chi connectivity index (χ0n) is 14.0. The number of carbonyl (C=O) groups excluding carboxylic acids is 1. The van der Waals surface area contributed by atoms with Gasteiger partial charge in [0.15, 0.2) is 0 Å². The molecule has 1 heterocycles. The van der Waals surface area contributed by atoms with Crippen molar-refractivity contribution in [1.82, 2.24) is 10.3 Å². The first-order valence-electron chi connectivity index (χ1n) is 8.34. The van der Waals surface area contributed by atoms with Gasteiger partial charge in [-0.15, -0.1) is 0 Å². The second-order valence-electron chi connectivity index (χ2n) is 5.95. The summed E-state index contributed by atoms with van der Waals surface area (Å²) < 4.78 is 0. The largest absolute Gasteiger partial charge is 0.507 e. The highest BCUT2D eigenvalue weighted by atomic mass is 16.3. The fourth-order valence-electron chi connectivity index (χ4n) is 2.81. The average Bonchev–Trinajstić information content (AvgIpc) is 2.65. The van der Waals surface area contributed by atoms with Crippen LogP contribution < -0.4 is 10.3 Å². The number of nitrogens with one attached hydrogen (secondary N) is 1. The lowest BCUT2D eigenvalue weighted by Crippen LogP contribution is -2.49. The Hall–Kier alpha value is -2.86. The fourth-order valence-corrected chi connectivity index (χ4v) is 2.81. The Morgan fingerprint density at radius 2 is 1.72 bits per heavy atom. The molecule has 0 aromatic heterocycles. The fraction of sp³-hybridized carbons (Fsp3) is 0.263. The molecule has 1 saturated heterocycles. The van der Waals surface area contributed by atoms with Gasteiger partial charge in [-0.05, 0) is 24.3 Å². The van der Waals surface area contributed by atoms with E-state index in [1.54, 1.807) is 24.3 Å². The van der Waals surface area contributed by atoms with Gasteiger partial charge in [0.1, 0.15) is 5.75 Å². The Bertz CT molecular complexity index is 725. The van der Waals surface area contributed by atoms with E-state index in [-0.39, 0.29) is 11.7 Å². The molecule has 2 N–H and O–H groups in total. The Morgan fingerprint density at radius 1 is 1.04 bits per heavy atom. The number of rotatable bonds is 5. The summed E-state index contributed by atoms with van der Waals surface area (Å²) in [4.78, 5) is 16.4. The number of aromatic hydroxyl groups is 1. The SMILES string of the molecule is O=C(CN1CCN(c2ccccc2)CC1)N/N=C/c1ccccc1O. The second kappa shape index (κ2) is 8.30. The summed E-state index contributed by atoms with van der Waals surface area (Å²) in [5.74, 6) is -0.0163. The van der Waals surface area contributed by atoms with E-state index in [1.165, 1.54) is 11.9 Å². The zero-order valence-corrected chi connectivity index (χ0v) is 14.0. The predicted octanol–water partition coefficient (Wildman–Crippen LogP) is 1.66. The Kier molecular flexibility index (Phi) is 5.64. The molecule has 1 amide bonds. The number of phenolic OH excluding ortho intramolecular Hbond substituents is 1. The number of carbonyl (C=O) groups is 1. The van der Waals surface area contributed by atoms with Crippen LogP contribution in [0.25, 0.3) is 0 Å². The number of nitrogens with zero attached hydrogens (tertiary/aromatic N) is 3. The zero-order chi connectivity index (χ0) is 17.5. The highest BCUT2D eigenvalue weighted by Gasteiger charge is 2.18. The predicted molar refractivity (Wildman–Crippen MR) is 98.9 cm³/mol. The van der Waals surface area contributed by atoms with Crippen LogP contribution in [0, 0.1) is 0 Å². The highest BCUT2D eigenvalue weighted by molar-refractivity contribution is 5.85. The van der Waals surface area contributed by atoms with Gasteiger partial charge in [-0.25, -0.2) is 5.43 Å². The Morgan fingerprint density at radius 3 is 2.44 bits per heavy atom. The first-order valence-corrected chi connectivity index (χ1v) is 8.34. The van der Waals surface area contributed by atoms with Crippen molar-refractivity contribution in [3.8, 4) is 5.75 Å². The van der Waals surface area contributed by atoms with E-state index >= 15 is 0 Å². The number of hydrazone groups is 1. The lowest BCUT2D eigenvalue weighted by molar-refractivity contribution is -0.122. The first-order chi connectivity index (χ1) is 12.2. The Balaban J connectivity index is 1.43. The third-order valence-corrected chi connectivity index (χ3v) is 4.19. The van der Waals surface area contributed by atoms with Crippen LogP contribution in [0.5, 0.6) is 5.75 Å². The summed E-state index contributed by atoms with van der Waals surface area (Å²) in [5, 5.41) is 13.5. The second-order valence-corrected chi connectivity index (χ2v) is 5.95. The molecule has 0 spiro atoms. The number of piperazine rings is 1. The van der Waals surface area contributed by atoms with Crippen molar-refractivity contribution in [2.45, 2.75) is 0 Å². The molecular formula is C19H22N4O2. The molecule has 25 heavy (non-hydrogen) atoms. The lowest BCUT2D eigenvalue weighted by Gasteiger charge is -2.35. The molecule has 2 aromatic rings. The van der Waals surface area contributed by atoms with Crippen molar-refractivity contribution in [3.05, 3.63) is 60.2 Å². The van der Waals surface area contributed by atoms with Crippen molar-refractivity contribution >= 4 is 17.8 Å². The molecule has 2 aromatic carbocycles. The summed E-state index contributed by atoms with van der Waals surface area (Å²) in [6.45, 7) is 3.80. The normalized spacial score (nSPS) is 15.4. The number of amides is 1. The van der Waals surface area contributed by atoms with Crippen LogP contribution in [0.4, 0.5) is 5.69 Å². The van der Waals surface area contributed by atoms with Crippen LogP contribution in [0.15, 0.2) is 59.7 Å². The molecule has 0 saturated carbocycles. The molecule has 130 valence electrons. The molecule has 0 bridgehead atoms. The van der Waals surface area contributed by atoms with Gasteiger partial charge >= 0.3 is 0 Å². The van der Waals surface area contributed by atoms with Crippen molar-refractivity contribution in [2.24, 2.45) is 5.10 Å². The highest BCUT2D eigenvalue weighted by Crippen LogP contribution is 2.15. The third-order valence-electron chi connectivity index (χ3n) is 4.19. The van der Waals surface area contributed by atoms with E-state index in [4.69, 9.17) is 0 Å². The van der Waals surface area contributed by atoms with Crippen molar-refractivity contribution in [3.63, 3.8) is 0 Å². The quantitative estimate of drug-likeness (QED) is 0.643. The molecule has 0 radical (unpaired) electrons. The molecule has 0 atom stereocenters. The van der Waals surface area contributed by atoms with E-state index in [0.717, 1.165) is 26.2 Å².